The van der Waals surface area contributed by atoms with E-state index < -0.39 is 60.7 Å². The van der Waals surface area contributed by atoms with E-state index >= 15 is 0 Å². The summed E-state index contributed by atoms with van der Waals surface area (Å²) in [6.07, 6.45) is 0. The molecule has 2 atom stereocenters. The van der Waals surface area contributed by atoms with E-state index in [4.69, 9.17) is 19.7 Å². The fourth-order valence-corrected chi connectivity index (χ4v) is 4.16. The SMILES string of the molecule is O=C(O)CNC(=O)C(COCc1ccccc1)NC(=O)CNC(=O)CI.O=C(O)CNC(=O)C(COCc1ccccc1)NC(=O)CNC(=O)CI. The lowest BCUT2D eigenvalue weighted by atomic mass is 10.2. The van der Waals surface area contributed by atoms with E-state index in [0.29, 0.717) is 0 Å². The van der Waals surface area contributed by atoms with Crippen LogP contribution in [0.15, 0.2) is 60.7 Å². The van der Waals surface area contributed by atoms with E-state index in [-0.39, 0.29) is 60.2 Å². The molecule has 2 unspecified atom stereocenters. The highest BCUT2D eigenvalue weighted by Gasteiger charge is 2.23. The van der Waals surface area contributed by atoms with E-state index in [0.717, 1.165) is 11.1 Å². The van der Waals surface area contributed by atoms with Crippen LogP contribution in [0.4, 0.5) is 0 Å². The number of aliphatic carboxylic acids is 2. The van der Waals surface area contributed by atoms with Gasteiger partial charge in [0.25, 0.3) is 0 Å². The Bertz CT molecular complexity index is 1360. The maximum atomic E-state index is 12.1. The van der Waals surface area contributed by atoms with Crippen LogP contribution < -0.4 is 31.9 Å². The van der Waals surface area contributed by atoms with Crippen molar-refractivity contribution >= 4 is 92.6 Å². The summed E-state index contributed by atoms with van der Waals surface area (Å²) in [7, 11) is 0. The topological polar surface area (TPSA) is 268 Å². The number of carboxylic acid groups (broad SMARTS) is 2. The molecular weight excluding hydrogens is 914 g/mol. The predicted molar refractivity (Wildman–Crippen MR) is 201 cm³/mol. The lowest BCUT2D eigenvalue weighted by molar-refractivity contribution is -0.139. The molecule has 0 bridgehead atoms. The zero-order valence-electron chi connectivity index (χ0n) is 27.7. The first-order chi connectivity index (χ1) is 24.8. The third-order valence-electron chi connectivity index (χ3n) is 6.06. The van der Waals surface area contributed by atoms with Crippen molar-refractivity contribution < 1.29 is 58.0 Å². The first-order valence-corrected chi connectivity index (χ1v) is 18.4. The largest absolute Gasteiger partial charge is 0.480 e. The minimum Gasteiger partial charge on any atom is -0.480 e. The molecule has 0 aliphatic rings. The van der Waals surface area contributed by atoms with Crippen molar-refractivity contribution in [2.45, 2.75) is 25.3 Å². The summed E-state index contributed by atoms with van der Waals surface area (Å²) in [5, 5.41) is 31.3. The molecule has 2 aromatic carbocycles. The Balaban J connectivity index is 0.000000520. The molecule has 0 spiro atoms. The molecule has 0 aliphatic carbocycles. The van der Waals surface area contributed by atoms with Gasteiger partial charge in [0.15, 0.2) is 0 Å². The summed E-state index contributed by atoms with van der Waals surface area (Å²) in [5.41, 5.74) is 1.77. The third kappa shape index (κ3) is 22.4. The molecule has 284 valence electrons. The van der Waals surface area contributed by atoms with Gasteiger partial charge in [-0.25, -0.2) is 0 Å². The number of nitrogens with one attached hydrogen (secondary N) is 6. The van der Waals surface area contributed by atoms with Crippen LogP contribution in [0.25, 0.3) is 0 Å². The van der Waals surface area contributed by atoms with E-state index in [2.05, 4.69) is 31.9 Å². The first-order valence-electron chi connectivity index (χ1n) is 15.3. The van der Waals surface area contributed by atoms with Gasteiger partial charge in [0.2, 0.25) is 35.4 Å². The number of alkyl halides is 2. The number of hydrogen-bond donors (Lipinski definition) is 8. The van der Waals surface area contributed by atoms with Gasteiger partial charge in [-0.3, -0.25) is 38.4 Å². The normalized spacial score (nSPS) is 11.3. The molecule has 18 nitrogen and oxygen atoms in total. The number of carbonyl (C=O) groups is 8. The maximum Gasteiger partial charge on any atom is 0.322 e. The Morgan fingerprint density at radius 1 is 0.519 bits per heavy atom. The van der Waals surface area contributed by atoms with Crippen molar-refractivity contribution in [3.05, 3.63) is 71.8 Å². The Labute approximate surface area is 326 Å². The second kappa shape index (κ2) is 27.3. The molecule has 52 heavy (non-hydrogen) atoms. The van der Waals surface area contributed by atoms with Crippen LogP contribution in [0, 0.1) is 0 Å². The molecule has 0 aliphatic heterocycles. The van der Waals surface area contributed by atoms with Crippen molar-refractivity contribution in [3.63, 3.8) is 0 Å². The van der Waals surface area contributed by atoms with Crippen LogP contribution in [-0.2, 0) is 61.0 Å². The fraction of sp³-hybridized carbons (Fsp3) is 0.375. The Morgan fingerprint density at radius 3 is 1.17 bits per heavy atom. The van der Waals surface area contributed by atoms with Crippen molar-refractivity contribution in [1.82, 2.24) is 31.9 Å². The molecule has 0 fully saturated rings. The second-order valence-electron chi connectivity index (χ2n) is 10.3. The van der Waals surface area contributed by atoms with Gasteiger partial charge in [-0.1, -0.05) is 106 Å². The highest BCUT2D eigenvalue weighted by Crippen LogP contribution is 2.02. The van der Waals surface area contributed by atoms with Gasteiger partial charge in [0.1, 0.15) is 25.2 Å². The van der Waals surface area contributed by atoms with Gasteiger partial charge < -0.3 is 51.6 Å². The zero-order valence-corrected chi connectivity index (χ0v) is 32.0. The van der Waals surface area contributed by atoms with Gasteiger partial charge >= 0.3 is 11.9 Å². The molecule has 2 aromatic rings. The van der Waals surface area contributed by atoms with Gasteiger partial charge in [-0.2, -0.15) is 0 Å². The fourth-order valence-electron chi connectivity index (χ4n) is 3.62. The van der Waals surface area contributed by atoms with Gasteiger partial charge in [0.05, 0.1) is 48.4 Å². The van der Waals surface area contributed by atoms with Crippen LogP contribution in [0.3, 0.4) is 0 Å². The van der Waals surface area contributed by atoms with E-state index in [9.17, 15) is 38.4 Å². The molecule has 0 saturated heterocycles. The van der Waals surface area contributed by atoms with Crippen molar-refractivity contribution in [2.24, 2.45) is 0 Å². The van der Waals surface area contributed by atoms with Crippen molar-refractivity contribution in [2.75, 3.05) is 48.2 Å². The number of carbonyl (C=O) groups excluding carboxylic acids is 6. The van der Waals surface area contributed by atoms with Crippen molar-refractivity contribution in [1.29, 1.82) is 0 Å². The lowest BCUT2D eigenvalue weighted by Gasteiger charge is -2.18. The summed E-state index contributed by atoms with van der Waals surface area (Å²) in [6, 6.07) is 16.3. The average molecular weight is 955 g/mol. The minimum atomic E-state index is -1.21. The smallest absolute Gasteiger partial charge is 0.322 e. The Kier molecular flexibility index (Phi) is 23.9. The minimum absolute atomic E-state index is 0.147. The lowest BCUT2D eigenvalue weighted by Crippen LogP contribution is -2.52. The van der Waals surface area contributed by atoms with Crippen LogP contribution in [0.5, 0.6) is 0 Å². The highest BCUT2D eigenvalue weighted by atomic mass is 127. The number of amides is 6. The number of benzene rings is 2. The highest BCUT2D eigenvalue weighted by molar-refractivity contribution is 14.1. The molecule has 6 amide bonds. The van der Waals surface area contributed by atoms with E-state index in [1.165, 1.54) is 0 Å². The monoisotopic (exact) mass is 954 g/mol. The van der Waals surface area contributed by atoms with Gasteiger partial charge in [-0.05, 0) is 11.1 Å². The quantitative estimate of drug-likeness (QED) is 0.0516. The summed E-state index contributed by atoms with van der Waals surface area (Å²) in [4.78, 5) is 91.4. The van der Waals surface area contributed by atoms with Crippen LogP contribution >= 0.6 is 45.2 Å². The number of hydrogen-bond acceptors (Lipinski definition) is 10. The summed E-state index contributed by atoms with van der Waals surface area (Å²) >= 11 is 3.71. The zero-order chi connectivity index (χ0) is 38.7. The summed E-state index contributed by atoms with van der Waals surface area (Å²) < 4.78 is 11.3. The standard InChI is InChI=1S/2C16H20IN3O6/c2*17-6-13(21)18-7-14(22)20-12(16(25)19-8-15(23)24)10-26-9-11-4-2-1-3-5-11/h2*1-5,12H,6-10H2,(H,18,21)(H,19,25)(H,20,22)(H,23,24). The van der Waals surface area contributed by atoms with E-state index in [1.54, 1.807) is 0 Å². The molecule has 20 heteroatoms. The van der Waals surface area contributed by atoms with Gasteiger partial charge in [-0.15, -0.1) is 0 Å². The summed E-state index contributed by atoms with van der Waals surface area (Å²) in [5.74, 6) is -5.57. The number of rotatable bonds is 22. The van der Waals surface area contributed by atoms with Crippen molar-refractivity contribution in [3.8, 4) is 0 Å². The van der Waals surface area contributed by atoms with Crippen LogP contribution in [0.2, 0.25) is 0 Å². The van der Waals surface area contributed by atoms with Gasteiger partial charge in [0, 0.05) is 0 Å². The maximum absolute atomic E-state index is 12.1. The van der Waals surface area contributed by atoms with Crippen LogP contribution in [0.1, 0.15) is 11.1 Å². The summed E-state index contributed by atoms with van der Waals surface area (Å²) in [6.45, 7) is -1.56. The molecular formula is C32H40I2N6O12. The first kappa shape index (κ1) is 45.6. The van der Waals surface area contributed by atoms with E-state index in [1.807, 2.05) is 106 Å². The third-order valence-corrected chi connectivity index (χ3v) is 7.44. The number of ether oxygens (including phenoxy) is 2. The molecule has 2 rings (SSSR count). The number of halogens is 2. The average Bonchev–Trinajstić information content (AvgIpc) is 3.14. The second-order valence-corrected chi connectivity index (χ2v) is 11.8. The molecule has 0 aromatic heterocycles. The Hall–Kier alpha value is -4.42. The molecule has 0 radical (unpaired) electrons. The number of carboxylic acids is 2. The van der Waals surface area contributed by atoms with Crippen LogP contribution in [-0.4, -0.2) is 118 Å². The molecule has 0 heterocycles. The molecule has 8 N–H and O–H groups in total. The Morgan fingerprint density at radius 2 is 0.865 bits per heavy atom. The predicted octanol–water partition coefficient (Wildman–Crippen LogP) is -1.12. The molecule has 0 saturated carbocycles.